The Labute approximate surface area is 120 Å². The van der Waals surface area contributed by atoms with Gasteiger partial charge in [0.15, 0.2) is 17.7 Å². The van der Waals surface area contributed by atoms with Gasteiger partial charge in [0, 0.05) is 13.0 Å². The minimum absolute atomic E-state index is 0.00734. The van der Waals surface area contributed by atoms with Crippen molar-refractivity contribution in [3.8, 4) is 5.75 Å². The third-order valence-electron chi connectivity index (χ3n) is 3.40. The van der Waals surface area contributed by atoms with Crippen LogP contribution < -0.4 is 4.74 Å². The predicted molar refractivity (Wildman–Crippen MR) is 69.2 cm³/mol. The number of carbonyl (C=O) groups excluding carboxylic acids is 1. The van der Waals surface area contributed by atoms with Crippen molar-refractivity contribution in [1.29, 1.82) is 0 Å². The van der Waals surface area contributed by atoms with Gasteiger partial charge in [0.2, 0.25) is 5.67 Å². The lowest BCUT2D eigenvalue weighted by molar-refractivity contribution is -0.150. The average Bonchev–Trinajstić information content (AvgIpc) is 2.84. The van der Waals surface area contributed by atoms with Gasteiger partial charge in [-0.3, -0.25) is 4.79 Å². The number of hydrogen-bond donors (Lipinski definition) is 1. The SMILES string of the molecule is CC(Oc1ccccc1F)C(=O)N1CCC(F)(C(=O)O)C1. The van der Waals surface area contributed by atoms with E-state index >= 15 is 0 Å². The molecule has 7 heteroatoms. The second kappa shape index (κ2) is 5.67. The number of rotatable bonds is 4. The van der Waals surface area contributed by atoms with Gasteiger partial charge in [-0.25, -0.2) is 13.6 Å². The Bertz CT molecular complexity index is 566. The van der Waals surface area contributed by atoms with Gasteiger partial charge in [0.1, 0.15) is 0 Å². The molecule has 1 aromatic rings. The predicted octanol–water partition coefficient (Wildman–Crippen LogP) is 1.62. The largest absolute Gasteiger partial charge is 0.479 e. The van der Waals surface area contributed by atoms with Crippen LogP contribution in [0.15, 0.2) is 24.3 Å². The van der Waals surface area contributed by atoms with Crippen molar-refractivity contribution >= 4 is 11.9 Å². The van der Waals surface area contributed by atoms with Crippen molar-refractivity contribution in [2.75, 3.05) is 13.1 Å². The number of nitrogens with zero attached hydrogens (tertiary/aromatic N) is 1. The van der Waals surface area contributed by atoms with E-state index in [2.05, 4.69) is 0 Å². The van der Waals surface area contributed by atoms with E-state index in [0.29, 0.717) is 0 Å². The number of ether oxygens (including phenoxy) is 1. The molecule has 1 heterocycles. The van der Waals surface area contributed by atoms with Crippen LogP contribution in [0.3, 0.4) is 0 Å². The normalized spacial score (nSPS) is 22.9. The summed E-state index contributed by atoms with van der Waals surface area (Å²) in [5.74, 6) is -2.84. The van der Waals surface area contributed by atoms with Gasteiger partial charge in [-0.2, -0.15) is 0 Å². The Balaban J connectivity index is 2.01. The first-order valence-electron chi connectivity index (χ1n) is 6.46. The number of benzene rings is 1. The van der Waals surface area contributed by atoms with Crippen LogP contribution in [-0.2, 0) is 9.59 Å². The number of hydrogen-bond acceptors (Lipinski definition) is 3. The number of amides is 1. The lowest BCUT2D eigenvalue weighted by Crippen LogP contribution is -2.43. The third kappa shape index (κ3) is 3.12. The highest BCUT2D eigenvalue weighted by Crippen LogP contribution is 2.27. The van der Waals surface area contributed by atoms with Gasteiger partial charge in [-0.1, -0.05) is 12.1 Å². The standard InChI is InChI=1S/C14H15F2NO4/c1-9(21-11-5-3-2-4-10(11)15)12(18)17-7-6-14(16,8-17)13(19)20/h2-5,9H,6-8H2,1H3,(H,19,20). The maximum atomic E-state index is 13.9. The molecule has 2 atom stereocenters. The molecule has 2 unspecified atom stereocenters. The molecule has 21 heavy (non-hydrogen) atoms. The van der Waals surface area contributed by atoms with Crippen molar-refractivity contribution < 1.29 is 28.2 Å². The molecule has 0 aliphatic carbocycles. The van der Waals surface area contributed by atoms with Gasteiger partial charge >= 0.3 is 5.97 Å². The lowest BCUT2D eigenvalue weighted by atomic mass is 10.1. The summed E-state index contributed by atoms with van der Waals surface area (Å²) in [6.07, 6.45) is -1.29. The van der Waals surface area contributed by atoms with Crippen LogP contribution in [-0.4, -0.2) is 46.7 Å². The molecule has 0 saturated carbocycles. The van der Waals surface area contributed by atoms with E-state index in [1.807, 2.05) is 0 Å². The fraction of sp³-hybridized carbons (Fsp3) is 0.429. The fourth-order valence-corrected chi connectivity index (χ4v) is 2.17. The molecule has 1 N–H and O–H groups in total. The molecule has 1 aliphatic rings. The van der Waals surface area contributed by atoms with E-state index < -0.39 is 36.0 Å². The van der Waals surface area contributed by atoms with Crippen LogP contribution in [0, 0.1) is 5.82 Å². The van der Waals surface area contributed by atoms with Gasteiger partial charge in [0.25, 0.3) is 5.91 Å². The highest BCUT2D eigenvalue weighted by atomic mass is 19.1. The molecule has 0 aromatic heterocycles. The first-order valence-corrected chi connectivity index (χ1v) is 6.46. The molecule has 2 rings (SSSR count). The molecule has 1 amide bonds. The molecule has 114 valence electrons. The molecule has 0 radical (unpaired) electrons. The first kappa shape index (κ1) is 15.2. The van der Waals surface area contributed by atoms with Gasteiger partial charge in [0.05, 0.1) is 6.54 Å². The molecule has 1 fully saturated rings. The molecule has 0 spiro atoms. The number of carboxylic acids is 1. The first-order chi connectivity index (χ1) is 9.83. The number of alkyl halides is 1. The molecule has 0 bridgehead atoms. The van der Waals surface area contributed by atoms with Crippen LogP contribution in [0.5, 0.6) is 5.75 Å². The van der Waals surface area contributed by atoms with Crippen molar-refractivity contribution in [1.82, 2.24) is 4.90 Å². The summed E-state index contributed by atoms with van der Waals surface area (Å²) in [4.78, 5) is 24.0. The summed E-state index contributed by atoms with van der Waals surface area (Å²) in [5.41, 5.74) is -2.42. The van der Waals surface area contributed by atoms with Crippen LogP contribution in [0.25, 0.3) is 0 Å². The topological polar surface area (TPSA) is 66.8 Å². The summed E-state index contributed by atoms with van der Waals surface area (Å²) < 4.78 is 32.5. The van der Waals surface area contributed by atoms with Crippen molar-refractivity contribution in [2.24, 2.45) is 0 Å². The Hall–Kier alpha value is -2.18. The summed E-state index contributed by atoms with van der Waals surface area (Å²) >= 11 is 0. The van der Waals surface area contributed by atoms with E-state index in [-0.39, 0.29) is 18.7 Å². The Morgan fingerprint density at radius 2 is 2.10 bits per heavy atom. The minimum atomic E-state index is -2.42. The van der Waals surface area contributed by atoms with Crippen molar-refractivity contribution in [2.45, 2.75) is 25.1 Å². The summed E-state index contributed by atoms with van der Waals surface area (Å²) in [6.45, 7) is 0.881. The van der Waals surface area contributed by atoms with Crippen LogP contribution >= 0.6 is 0 Å². The summed E-state index contributed by atoms with van der Waals surface area (Å²) in [7, 11) is 0. The smallest absolute Gasteiger partial charge is 0.343 e. The van der Waals surface area contributed by atoms with E-state index in [0.717, 1.165) is 4.90 Å². The zero-order chi connectivity index (χ0) is 15.6. The number of likely N-dealkylation sites (tertiary alicyclic amines) is 1. The molecular formula is C14H15F2NO4. The van der Waals surface area contributed by atoms with E-state index in [1.54, 1.807) is 6.07 Å². The van der Waals surface area contributed by atoms with E-state index in [1.165, 1.54) is 25.1 Å². The number of para-hydroxylation sites is 1. The molecule has 1 aliphatic heterocycles. The maximum Gasteiger partial charge on any atom is 0.343 e. The molecule has 1 aromatic carbocycles. The molecule has 5 nitrogen and oxygen atoms in total. The summed E-state index contributed by atoms with van der Waals surface area (Å²) in [6, 6.07) is 5.61. The fourth-order valence-electron chi connectivity index (χ4n) is 2.17. The van der Waals surface area contributed by atoms with E-state index in [4.69, 9.17) is 9.84 Å². The highest BCUT2D eigenvalue weighted by molar-refractivity contribution is 5.84. The number of carboxylic acid groups (broad SMARTS) is 1. The third-order valence-corrected chi connectivity index (χ3v) is 3.40. The van der Waals surface area contributed by atoms with Crippen LogP contribution in [0.1, 0.15) is 13.3 Å². The Morgan fingerprint density at radius 3 is 2.67 bits per heavy atom. The second-order valence-electron chi connectivity index (χ2n) is 4.97. The van der Waals surface area contributed by atoms with Crippen molar-refractivity contribution in [3.63, 3.8) is 0 Å². The monoisotopic (exact) mass is 299 g/mol. The number of carbonyl (C=O) groups is 2. The highest BCUT2D eigenvalue weighted by Gasteiger charge is 2.47. The minimum Gasteiger partial charge on any atom is -0.479 e. The van der Waals surface area contributed by atoms with Crippen LogP contribution in [0.4, 0.5) is 8.78 Å². The van der Waals surface area contributed by atoms with Gasteiger partial charge in [-0.05, 0) is 19.1 Å². The zero-order valence-electron chi connectivity index (χ0n) is 11.4. The maximum absolute atomic E-state index is 13.9. The zero-order valence-corrected chi connectivity index (χ0v) is 11.4. The summed E-state index contributed by atoms with van der Waals surface area (Å²) in [5, 5.41) is 8.79. The molecular weight excluding hydrogens is 284 g/mol. The van der Waals surface area contributed by atoms with E-state index in [9.17, 15) is 18.4 Å². The van der Waals surface area contributed by atoms with Crippen molar-refractivity contribution in [3.05, 3.63) is 30.1 Å². The second-order valence-corrected chi connectivity index (χ2v) is 4.97. The quantitative estimate of drug-likeness (QED) is 0.917. The van der Waals surface area contributed by atoms with Gasteiger partial charge in [-0.15, -0.1) is 0 Å². The Kier molecular flexibility index (Phi) is 4.11. The number of halogens is 2. The lowest BCUT2D eigenvalue weighted by Gasteiger charge is -2.22. The van der Waals surface area contributed by atoms with Gasteiger partial charge < -0.3 is 14.7 Å². The van der Waals surface area contributed by atoms with Crippen LogP contribution in [0.2, 0.25) is 0 Å². The molecule has 1 saturated heterocycles. The number of aliphatic carboxylic acids is 1. The average molecular weight is 299 g/mol. The Morgan fingerprint density at radius 1 is 1.43 bits per heavy atom.